The minimum absolute atomic E-state index is 0.184. The van der Waals surface area contributed by atoms with Gasteiger partial charge in [-0.2, -0.15) is 13.2 Å². The molecule has 1 aliphatic heterocycles. The van der Waals surface area contributed by atoms with E-state index in [2.05, 4.69) is 4.98 Å². The molecule has 0 aliphatic carbocycles. The van der Waals surface area contributed by atoms with E-state index < -0.39 is 11.9 Å². The molecule has 2 heterocycles. The monoisotopic (exact) mass is 574 g/mol. The van der Waals surface area contributed by atoms with Crippen molar-refractivity contribution < 1.29 is 27.5 Å². The number of hydrogen-bond donors (Lipinski definition) is 0. The van der Waals surface area contributed by atoms with Crippen LogP contribution in [0.3, 0.4) is 0 Å². The quantitative estimate of drug-likeness (QED) is 0.341. The van der Waals surface area contributed by atoms with Crippen molar-refractivity contribution in [2.24, 2.45) is 5.92 Å². The van der Waals surface area contributed by atoms with Crippen molar-refractivity contribution in [1.29, 1.82) is 0 Å². The van der Waals surface area contributed by atoms with E-state index in [9.17, 15) is 22.8 Å². The lowest BCUT2D eigenvalue weighted by atomic mass is 9.96. The van der Waals surface area contributed by atoms with E-state index in [0.29, 0.717) is 60.2 Å². The van der Waals surface area contributed by atoms with E-state index in [1.165, 1.54) is 12.0 Å². The van der Waals surface area contributed by atoms with Crippen molar-refractivity contribution in [3.63, 3.8) is 0 Å². The molecule has 11 heteroatoms. The van der Waals surface area contributed by atoms with Crippen molar-refractivity contribution >= 4 is 34.8 Å². The highest BCUT2D eigenvalue weighted by atomic mass is 35.5. The van der Waals surface area contributed by atoms with Gasteiger partial charge in [-0.1, -0.05) is 23.7 Å². The van der Waals surface area contributed by atoms with Crippen LogP contribution in [0.4, 0.5) is 24.5 Å². The normalized spacial score (nSPS) is 14.1. The number of aromatic nitrogens is 1. The minimum atomic E-state index is -4.50. The third kappa shape index (κ3) is 7.04. The fourth-order valence-corrected chi connectivity index (χ4v) is 4.97. The Kier molecular flexibility index (Phi) is 9.19. The van der Waals surface area contributed by atoms with Gasteiger partial charge in [-0.25, -0.2) is 0 Å². The van der Waals surface area contributed by atoms with Crippen molar-refractivity contribution in [3.05, 3.63) is 83.1 Å². The van der Waals surface area contributed by atoms with E-state index in [-0.39, 0.29) is 24.3 Å². The second kappa shape index (κ2) is 12.6. The Balaban J connectivity index is 1.40. The Morgan fingerprint density at radius 1 is 1.07 bits per heavy atom. The molecular weight excluding hydrogens is 545 g/mol. The molecule has 0 bridgehead atoms. The van der Waals surface area contributed by atoms with E-state index >= 15 is 0 Å². The van der Waals surface area contributed by atoms with Gasteiger partial charge in [-0.15, -0.1) is 0 Å². The zero-order valence-corrected chi connectivity index (χ0v) is 23.0. The smallest absolute Gasteiger partial charge is 0.433 e. The molecule has 40 heavy (non-hydrogen) atoms. The van der Waals surface area contributed by atoms with Crippen molar-refractivity contribution in [2.75, 3.05) is 50.1 Å². The third-order valence-corrected chi connectivity index (χ3v) is 7.31. The summed E-state index contributed by atoms with van der Waals surface area (Å²) in [6.45, 7) is 1.32. The number of ether oxygens (including phenoxy) is 1. The fourth-order valence-electron chi connectivity index (χ4n) is 4.73. The standard InChI is InChI=1S/C29H30ClF3N4O3/c1-35(22-11-14-34-26(17-22)29(31,32)33)18-20-12-15-36(16-13-20)27(38)19-37(25-6-4-3-5-24(25)30)28(39)21-7-9-23(40-2)10-8-21/h3-11,14,17,20H,12-13,15-16,18-19H2,1-2H3. The molecule has 212 valence electrons. The van der Waals surface area contributed by atoms with Crippen LogP contribution in [0.1, 0.15) is 28.9 Å². The first-order valence-electron chi connectivity index (χ1n) is 12.8. The topological polar surface area (TPSA) is 66.0 Å². The second-order valence-corrected chi connectivity index (χ2v) is 10.1. The molecule has 0 unspecified atom stereocenters. The number of nitrogens with zero attached hydrogens (tertiary/aromatic N) is 4. The number of methoxy groups -OCH3 is 1. The van der Waals surface area contributed by atoms with Gasteiger partial charge in [0.2, 0.25) is 5.91 Å². The zero-order chi connectivity index (χ0) is 28.9. The number of benzene rings is 2. The largest absolute Gasteiger partial charge is 0.497 e. The summed E-state index contributed by atoms with van der Waals surface area (Å²) in [4.78, 5) is 35.1. The molecule has 1 saturated heterocycles. The van der Waals surface area contributed by atoms with Crippen LogP contribution < -0.4 is 14.5 Å². The average molecular weight is 575 g/mol. The summed E-state index contributed by atoms with van der Waals surface area (Å²) in [7, 11) is 3.29. The molecule has 7 nitrogen and oxygen atoms in total. The van der Waals surface area contributed by atoms with Gasteiger partial charge in [0.25, 0.3) is 5.91 Å². The summed E-state index contributed by atoms with van der Waals surface area (Å²) in [5, 5.41) is 0.351. The van der Waals surface area contributed by atoms with E-state index in [4.69, 9.17) is 16.3 Å². The summed E-state index contributed by atoms with van der Waals surface area (Å²) in [6.07, 6.45) is -1.97. The fraction of sp³-hybridized carbons (Fsp3) is 0.345. The van der Waals surface area contributed by atoms with E-state index in [1.807, 2.05) is 0 Å². The van der Waals surface area contributed by atoms with Crippen molar-refractivity contribution in [1.82, 2.24) is 9.88 Å². The van der Waals surface area contributed by atoms with Gasteiger partial charge < -0.3 is 14.5 Å². The van der Waals surface area contributed by atoms with Gasteiger partial charge in [0.05, 0.1) is 17.8 Å². The van der Waals surface area contributed by atoms with Gasteiger partial charge >= 0.3 is 6.18 Å². The average Bonchev–Trinajstić information content (AvgIpc) is 2.96. The third-order valence-electron chi connectivity index (χ3n) is 6.99. The Morgan fingerprint density at radius 3 is 2.38 bits per heavy atom. The lowest BCUT2D eigenvalue weighted by molar-refractivity contribution is -0.141. The van der Waals surface area contributed by atoms with Gasteiger partial charge in [-0.05, 0) is 67.3 Å². The van der Waals surface area contributed by atoms with Crippen LogP contribution in [-0.4, -0.2) is 62.0 Å². The number of pyridine rings is 1. The highest BCUT2D eigenvalue weighted by Crippen LogP contribution is 2.31. The summed E-state index contributed by atoms with van der Waals surface area (Å²) >= 11 is 6.41. The van der Waals surface area contributed by atoms with Gasteiger partial charge in [0.1, 0.15) is 18.0 Å². The lowest BCUT2D eigenvalue weighted by Gasteiger charge is -2.35. The molecule has 0 radical (unpaired) electrons. The first-order chi connectivity index (χ1) is 19.1. The molecule has 0 atom stereocenters. The van der Waals surface area contributed by atoms with Crippen LogP contribution in [0.2, 0.25) is 5.02 Å². The number of para-hydroxylation sites is 1. The molecule has 0 saturated carbocycles. The second-order valence-electron chi connectivity index (χ2n) is 9.67. The molecule has 2 aromatic carbocycles. The lowest BCUT2D eigenvalue weighted by Crippen LogP contribution is -2.47. The van der Waals surface area contributed by atoms with Gasteiger partial charge in [0.15, 0.2) is 0 Å². The SMILES string of the molecule is COc1ccc(C(=O)N(CC(=O)N2CCC(CN(C)c3ccnc(C(F)(F)F)c3)CC2)c2ccccc2Cl)cc1. The number of alkyl halides is 3. The summed E-state index contributed by atoms with van der Waals surface area (Å²) in [5.74, 6) is 0.223. The number of likely N-dealkylation sites (tertiary alicyclic amines) is 1. The van der Waals surface area contributed by atoms with Crippen molar-refractivity contribution in [3.8, 4) is 5.75 Å². The van der Waals surface area contributed by atoms with Crippen LogP contribution in [-0.2, 0) is 11.0 Å². The van der Waals surface area contributed by atoms with Crippen LogP contribution in [0.15, 0.2) is 66.9 Å². The number of carbonyl (C=O) groups is 2. The van der Waals surface area contributed by atoms with Crippen LogP contribution >= 0.6 is 11.6 Å². The molecule has 4 rings (SSSR count). The number of anilines is 2. The number of rotatable bonds is 8. The minimum Gasteiger partial charge on any atom is -0.497 e. The van der Waals surface area contributed by atoms with Crippen molar-refractivity contribution in [2.45, 2.75) is 19.0 Å². The number of halogens is 4. The molecule has 0 N–H and O–H groups in total. The zero-order valence-electron chi connectivity index (χ0n) is 22.2. The van der Waals surface area contributed by atoms with Crippen LogP contribution in [0, 0.1) is 5.92 Å². The number of carbonyl (C=O) groups excluding carboxylic acids is 2. The maximum absolute atomic E-state index is 13.5. The summed E-state index contributed by atoms with van der Waals surface area (Å²) in [5.41, 5.74) is 0.336. The first-order valence-corrected chi connectivity index (χ1v) is 13.2. The predicted molar refractivity (Wildman–Crippen MR) is 148 cm³/mol. The number of piperidine rings is 1. The van der Waals surface area contributed by atoms with Crippen LogP contribution in [0.5, 0.6) is 5.75 Å². The maximum Gasteiger partial charge on any atom is 0.433 e. The molecule has 0 spiro atoms. The Hall–Kier alpha value is -3.79. The number of hydrogen-bond acceptors (Lipinski definition) is 5. The highest BCUT2D eigenvalue weighted by Gasteiger charge is 2.33. The van der Waals surface area contributed by atoms with Gasteiger partial charge in [-0.3, -0.25) is 19.5 Å². The summed E-state index contributed by atoms with van der Waals surface area (Å²) in [6, 6.07) is 16.1. The Bertz CT molecular complexity index is 1330. The molecular formula is C29H30ClF3N4O3. The Morgan fingerprint density at radius 2 is 1.75 bits per heavy atom. The molecule has 1 aliphatic rings. The molecule has 3 aromatic rings. The molecule has 1 fully saturated rings. The Labute approximate surface area is 236 Å². The maximum atomic E-state index is 13.5. The number of amides is 2. The van der Waals surface area contributed by atoms with E-state index in [1.54, 1.807) is 71.4 Å². The molecule has 2 amide bonds. The predicted octanol–water partition coefficient (Wildman–Crippen LogP) is 5.78. The highest BCUT2D eigenvalue weighted by molar-refractivity contribution is 6.34. The van der Waals surface area contributed by atoms with Gasteiger partial charge in [0, 0.05) is 44.1 Å². The van der Waals surface area contributed by atoms with Crippen LogP contribution in [0.25, 0.3) is 0 Å². The molecule has 1 aromatic heterocycles. The first kappa shape index (κ1) is 29.2. The van der Waals surface area contributed by atoms with E-state index in [0.717, 1.165) is 12.3 Å². The summed E-state index contributed by atoms with van der Waals surface area (Å²) < 4.78 is 44.3.